The molecule has 3 N–H and O–H groups in total. The predicted octanol–water partition coefficient (Wildman–Crippen LogP) is 1.13. The molecule has 0 aliphatic rings. The predicted molar refractivity (Wildman–Crippen MR) is 52.9 cm³/mol. The number of nitrogens with two attached hydrogens (primary N) is 1. The lowest BCUT2D eigenvalue weighted by atomic mass is 10.2. The van der Waals surface area contributed by atoms with Crippen LogP contribution in [0.15, 0.2) is 29.3 Å². The molecule has 0 heterocycles. The number of nitrogens with zero attached hydrogens (tertiary/aromatic N) is 1. The number of hydrogen-bond donors (Lipinski definition) is 2. The Balaban J connectivity index is 2.80. The zero-order valence-electron chi connectivity index (χ0n) is 8.08. The number of aliphatic imine (C=N–C) groups is 1. The van der Waals surface area contributed by atoms with Crippen LogP contribution in [0.4, 0.5) is 8.78 Å². The summed E-state index contributed by atoms with van der Waals surface area (Å²) in [5, 5.41) is 0. The van der Waals surface area contributed by atoms with Crippen molar-refractivity contribution in [1.29, 1.82) is 0 Å². The molecule has 0 saturated carbocycles. The summed E-state index contributed by atoms with van der Waals surface area (Å²) < 4.78 is 27.9. The molecule has 0 aliphatic carbocycles. The third-order valence-corrected chi connectivity index (χ3v) is 1.71. The summed E-state index contributed by atoms with van der Waals surface area (Å²) in [5.74, 6) is 5.77. The van der Waals surface area contributed by atoms with E-state index >= 15 is 0 Å². The smallest absolute Gasteiger partial charge is 0.387 e. The summed E-state index contributed by atoms with van der Waals surface area (Å²) in [6.07, 6.45) is 0. The Bertz CT molecular complexity index is 338. The Morgan fingerprint density at radius 2 is 2.00 bits per heavy atom. The number of hydrogen-bond acceptors (Lipinski definition) is 3. The van der Waals surface area contributed by atoms with E-state index in [9.17, 15) is 8.78 Å². The van der Waals surface area contributed by atoms with Gasteiger partial charge in [0.2, 0.25) is 0 Å². The van der Waals surface area contributed by atoms with Gasteiger partial charge >= 0.3 is 6.61 Å². The minimum Gasteiger partial charge on any atom is -0.435 e. The van der Waals surface area contributed by atoms with Crippen molar-refractivity contribution in [1.82, 2.24) is 5.43 Å². The van der Waals surface area contributed by atoms with Gasteiger partial charge in [-0.25, -0.2) is 5.84 Å². The van der Waals surface area contributed by atoms with Gasteiger partial charge in [0.25, 0.3) is 0 Å². The van der Waals surface area contributed by atoms with Crippen LogP contribution in [0.5, 0.6) is 5.75 Å². The lowest BCUT2D eigenvalue weighted by Gasteiger charge is -2.07. The van der Waals surface area contributed by atoms with Gasteiger partial charge < -0.3 is 10.2 Å². The van der Waals surface area contributed by atoms with E-state index in [-0.39, 0.29) is 5.75 Å². The summed E-state index contributed by atoms with van der Waals surface area (Å²) in [5.41, 5.74) is 3.09. The maximum Gasteiger partial charge on any atom is 0.387 e. The number of halogens is 2. The van der Waals surface area contributed by atoms with Crippen molar-refractivity contribution in [3.63, 3.8) is 0 Å². The second kappa shape index (κ2) is 5.26. The van der Waals surface area contributed by atoms with Crippen molar-refractivity contribution in [3.8, 4) is 5.75 Å². The summed E-state index contributed by atoms with van der Waals surface area (Å²) in [4.78, 5) is 3.86. The van der Waals surface area contributed by atoms with Crippen LogP contribution in [-0.2, 0) is 0 Å². The van der Waals surface area contributed by atoms with Crippen LogP contribution in [0, 0.1) is 0 Å². The maximum absolute atomic E-state index is 11.8. The largest absolute Gasteiger partial charge is 0.435 e. The van der Waals surface area contributed by atoms with Crippen LogP contribution in [0.2, 0.25) is 0 Å². The molecule has 0 atom stereocenters. The van der Waals surface area contributed by atoms with Crippen molar-refractivity contribution in [2.45, 2.75) is 6.61 Å². The molecule has 82 valence electrons. The van der Waals surface area contributed by atoms with Gasteiger partial charge in [0.1, 0.15) is 11.6 Å². The zero-order valence-corrected chi connectivity index (χ0v) is 8.08. The van der Waals surface area contributed by atoms with Crippen LogP contribution >= 0.6 is 0 Å². The SMILES string of the molecule is CN=C(NN)c1ccc(OC(F)F)cc1. The average molecular weight is 215 g/mol. The minimum atomic E-state index is -2.82. The molecule has 0 saturated heterocycles. The second-order valence-electron chi connectivity index (χ2n) is 2.62. The molecule has 0 spiro atoms. The van der Waals surface area contributed by atoms with Gasteiger partial charge in [0, 0.05) is 12.6 Å². The molecular formula is C9H11F2N3O. The maximum atomic E-state index is 11.8. The van der Waals surface area contributed by atoms with E-state index in [0.717, 1.165) is 0 Å². The van der Waals surface area contributed by atoms with Crippen molar-refractivity contribution in [3.05, 3.63) is 29.8 Å². The van der Waals surface area contributed by atoms with E-state index in [4.69, 9.17) is 5.84 Å². The number of rotatable bonds is 3. The second-order valence-corrected chi connectivity index (χ2v) is 2.62. The summed E-state index contributed by atoms with van der Waals surface area (Å²) in [6.45, 7) is -2.82. The molecule has 6 heteroatoms. The first-order valence-electron chi connectivity index (χ1n) is 4.16. The fraction of sp³-hybridized carbons (Fsp3) is 0.222. The van der Waals surface area contributed by atoms with Crippen molar-refractivity contribution in [2.24, 2.45) is 10.8 Å². The highest BCUT2D eigenvalue weighted by molar-refractivity contribution is 5.98. The van der Waals surface area contributed by atoms with Crippen molar-refractivity contribution < 1.29 is 13.5 Å². The molecule has 1 aromatic rings. The highest BCUT2D eigenvalue weighted by Gasteiger charge is 2.05. The summed E-state index contributed by atoms with van der Waals surface area (Å²) in [6, 6.07) is 6.01. The van der Waals surface area contributed by atoms with E-state index in [0.29, 0.717) is 11.4 Å². The number of nitrogens with one attached hydrogen (secondary N) is 1. The van der Waals surface area contributed by atoms with Crippen LogP contribution < -0.4 is 16.0 Å². The number of benzene rings is 1. The van der Waals surface area contributed by atoms with Crippen molar-refractivity contribution in [2.75, 3.05) is 7.05 Å². The van der Waals surface area contributed by atoms with Gasteiger partial charge in [-0.2, -0.15) is 8.78 Å². The zero-order chi connectivity index (χ0) is 11.3. The van der Waals surface area contributed by atoms with E-state index in [1.807, 2.05) is 0 Å². The topological polar surface area (TPSA) is 59.6 Å². The Labute approximate surface area is 85.7 Å². The first-order chi connectivity index (χ1) is 7.17. The fourth-order valence-electron chi connectivity index (χ4n) is 1.07. The molecule has 0 aliphatic heterocycles. The number of alkyl halides is 2. The van der Waals surface area contributed by atoms with E-state index in [1.54, 1.807) is 19.2 Å². The fourth-order valence-corrected chi connectivity index (χ4v) is 1.07. The highest BCUT2D eigenvalue weighted by atomic mass is 19.3. The standard InChI is InChI=1S/C9H11F2N3O/c1-13-8(14-12)6-2-4-7(5-3-6)15-9(10)11/h2-5,9H,12H2,1H3,(H,13,14). The summed E-state index contributed by atoms with van der Waals surface area (Å²) >= 11 is 0. The monoisotopic (exact) mass is 215 g/mol. The average Bonchev–Trinajstić information content (AvgIpc) is 2.21. The molecule has 4 nitrogen and oxygen atoms in total. The molecule has 1 aromatic carbocycles. The molecule has 0 radical (unpaired) electrons. The van der Waals surface area contributed by atoms with Gasteiger partial charge in [-0.05, 0) is 24.3 Å². The molecule has 15 heavy (non-hydrogen) atoms. The molecule has 0 fully saturated rings. The normalized spacial score (nSPS) is 11.7. The lowest BCUT2D eigenvalue weighted by molar-refractivity contribution is -0.0498. The number of amidine groups is 1. The third-order valence-electron chi connectivity index (χ3n) is 1.71. The Morgan fingerprint density at radius 3 is 2.40 bits per heavy atom. The Kier molecular flexibility index (Phi) is 3.99. The van der Waals surface area contributed by atoms with Gasteiger partial charge in [-0.15, -0.1) is 0 Å². The van der Waals surface area contributed by atoms with Crippen LogP contribution in [0.3, 0.4) is 0 Å². The van der Waals surface area contributed by atoms with E-state index in [2.05, 4.69) is 15.2 Å². The lowest BCUT2D eigenvalue weighted by Crippen LogP contribution is -2.30. The summed E-state index contributed by atoms with van der Waals surface area (Å²) in [7, 11) is 1.57. The first-order valence-corrected chi connectivity index (χ1v) is 4.16. The van der Waals surface area contributed by atoms with Gasteiger partial charge in [-0.3, -0.25) is 4.99 Å². The molecule has 0 aromatic heterocycles. The quantitative estimate of drug-likeness (QED) is 0.344. The minimum absolute atomic E-state index is 0.0984. The van der Waals surface area contributed by atoms with Gasteiger partial charge in [0.15, 0.2) is 0 Å². The van der Waals surface area contributed by atoms with Crippen LogP contribution in [0.25, 0.3) is 0 Å². The molecular weight excluding hydrogens is 204 g/mol. The van der Waals surface area contributed by atoms with Crippen LogP contribution in [-0.4, -0.2) is 19.5 Å². The number of hydrazine groups is 1. The van der Waals surface area contributed by atoms with Crippen LogP contribution in [0.1, 0.15) is 5.56 Å². The first kappa shape index (κ1) is 11.4. The molecule has 0 bridgehead atoms. The Morgan fingerprint density at radius 1 is 1.40 bits per heavy atom. The van der Waals surface area contributed by atoms with Gasteiger partial charge in [0.05, 0.1) is 0 Å². The third kappa shape index (κ3) is 3.17. The Hall–Kier alpha value is -1.69. The number of ether oxygens (including phenoxy) is 1. The highest BCUT2D eigenvalue weighted by Crippen LogP contribution is 2.14. The van der Waals surface area contributed by atoms with Gasteiger partial charge in [-0.1, -0.05) is 0 Å². The van der Waals surface area contributed by atoms with Crippen molar-refractivity contribution >= 4 is 5.84 Å². The van der Waals surface area contributed by atoms with E-state index < -0.39 is 6.61 Å². The van der Waals surface area contributed by atoms with E-state index in [1.165, 1.54) is 12.1 Å². The molecule has 0 amide bonds. The molecule has 1 rings (SSSR count). The molecule has 0 unspecified atom stereocenters.